The van der Waals surface area contributed by atoms with E-state index in [9.17, 15) is 4.79 Å². The van der Waals surface area contributed by atoms with E-state index in [4.69, 9.17) is 5.26 Å². The predicted octanol–water partition coefficient (Wildman–Crippen LogP) is 2.08. The molecule has 0 bridgehead atoms. The van der Waals surface area contributed by atoms with Crippen molar-refractivity contribution in [1.29, 1.82) is 5.26 Å². The van der Waals surface area contributed by atoms with Crippen LogP contribution in [0.3, 0.4) is 0 Å². The molecule has 0 heterocycles. The number of aryl methyl sites for hydroxylation is 1. The van der Waals surface area contributed by atoms with Crippen molar-refractivity contribution < 1.29 is 4.79 Å². The molecule has 0 aromatic heterocycles. The van der Waals surface area contributed by atoms with Gasteiger partial charge >= 0.3 is 0 Å². The van der Waals surface area contributed by atoms with Crippen molar-refractivity contribution in [2.24, 2.45) is 0 Å². The molecular formula is C11H12N2O. The molecule has 0 radical (unpaired) electrons. The number of nitrogens with zero attached hydrogens (tertiary/aromatic N) is 1. The topological polar surface area (TPSA) is 52.9 Å². The first-order valence-electron chi connectivity index (χ1n) is 4.48. The van der Waals surface area contributed by atoms with E-state index >= 15 is 0 Å². The van der Waals surface area contributed by atoms with Crippen LogP contribution < -0.4 is 5.32 Å². The summed E-state index contributed by atoms with van der Waals surface area (Å²) in [6, 6.07) is 7.49. The maximum Gasteiger partial charge on any atom is 0.221 e. The second-order valence-corrected chi connectivity index (χ2v) is 3.03. The number of carbonyl (C=O) groups excluding carboxylic acids is 1. The van der Waals surface area contributed by atoms with E-state index in [0.717, 1.165) is 12.0 Å². The van der Waals surface area contributed by atoms with Gasteiger partial charge in [-0.1, -0.05) is 13.0 Å². The number of nitrogens with one attached hydrogen (secondary N) is 1. The molecule has 0 aliphatic carbocycles. The zero-order valence-electron chi connectivity index (χ0n) is 8.29. The summed E-state index contributed by atoms with van der Waals surface area (Å²) in [5.74, 6) is -0.158. The van der Waals surface area contributed by atoms with Gasteiger partial charge in [-0.2, -0.15) is 5.26 Å². The number of amides is 1. The zero-order chi connectivity index (χ0) is 10.6. The Bertz CT molecular complexity index is 391. The number of hydrogen-bond donors (Lipinski definition) is 1. The Balaban J connectivity index is 3.09. The summed E-state index contributed by atoms with van der Waals surface area (Å²) in [6.07, 6.45) is 0.887. The molecule has 3 nitrogen and oxygen atoms in total. The Hall–Kier alpha value is -1.82. The smallest absolute Gasteiger partial charge is 0.221 e. The van der Waals surface area contributed by atoms with Gasteiger partial charge in [0.1, 0.15) is 6.07 Å². The van der Waals surface area contributed by atoms with Gasteiger partial charge in [0.2, 0.25) is 5.91 Å². The predicted molar refractivity (Wildman–Crippen MR) is 54.8 cm³/mol. The molecule has 1 aromatic carbocycles. The van der Waals surface area contributed by atoms with Crippen LogP contribution in [0.2, 0.25) is 0 Å². The first-order valence-corrected chi connectivity index (χ1v) is 4.48. The standard InChI is InChI=1S/C11H12N2O/c1-3-9-4-5-10(7-12)11(6-9)13-8(2)14/h4-6H,3H2,1-2H3,(H,13,14). The maximum atomic E-state index is 10.9. The van der Waals surface area contributed by atoms with Gasteiger partial charge in [0.15, 0.2) is 0 Å². The fourth-order valence-corrected chi connectivity index (χ4v) is 1.20. The van der Waals surface area contributed by atoms with Crippen LogP contribution in [0.25, 0.3) is 0 Å². The molecule has 1 amide bonds. The Morgan fingerprint density at radius 1 is 1.57 bits per heavy atom. The Labute approximate surface area is 83.4 Å². The SMILES string of the molecule is CCc1ccc(C#N)c(NC(C)=O)c1. The monoisotopic (exact) mass is 188 g/mol. The minimum Gasteiger partial charge on any atom is -0.325 e. The molecular weight excluding hydrogens is 176 g/mol. The molecule has 0 aliphatic heterocycles. The summed E-state index contributed by atoms with van der Waals surface area (Å²) in [4.78, 5) is 10.9. The van der Waals surface area contributed by atoms with Crippen LogP contribution in [-0.4, -0.2) is 5.91 Å². The molecule has 1 rings (SSSR count). The molecule has 1 aromatic rings. The second kappa shape index (κ2) is 4.43. The van der Waals surface area contributed by atoms with Crippen LogP contribution >= 0.6 is 0 Å². The lowest BCUT2D eigenvalue weighted by atomic mass is 10.1. The molecule has 14 heavy (non-hydrogen) atoms. The summed E-state index contributed by atoms with van der Waals surface area (Å²) in [6.45, 7) is 3.46. The van der Waals surface area contributed by atoms with Gasteiger partial charge in [-0.15, -0.1) is 0 Å². The van der Waals surface area contributed by atoms with E-state index < -0.39 is 0 Å². The summed E-state index contributed by atoms with van der Waals surface area (Å²) in [5.41, 5.74) is 2.20. The van der Waals surface area contributed by atoms with Crippen molar-refractivity contribution in [3.63, 3.8) is 0 Å². The molecule has 0 unspecified atom stereocenters. The third-order valence-corrected chi connectivity index (χ3v) is 1.92. The van der Waals surface area contributed by atoms with E-state index in [-0.39, 0.29) is 5.91 Å². The fraction of sp³-hybridized carbons (Fsp3) is 0.273. The van der Waals surface area contributed by atoms with Crippen LogP contribution in [0.1, 0.15) is 25.0 Å². The zero-order valence-corrected chi connectivity index (χ0v) is 8.29. The number of rotatable bonds is 2. The average molecular weight is 188 g/mol. The lowest BCUT2D eigenvalue weighted by molar-refractivity contribution is -0.114. The normalized spacial score (nSPS) is 9.21. The highest BCUT2D eigenvalue weighted by atomic mass is 16.1. The minimum absolute atomic E-state index is 0.158. The third-order valence-electron chi connectivity index (χ3n) is 1.92. The van der Waals surface area contributed by atoms with Crippen molar-refractivity contribution in [3.8, 4) is 6.07 Å². The van der Waals surface area contributed by atoms with Crippen molar-refractivity contribution in [2.75, 3.05) is 5.32 Å². The summed E-state index contributed by atoms with van der Waals surface area (Å²) in [7, 11) is 0. The van der Waals surface area contributed by atoms with E-state index in [1.54, 1.807) is 6.07 Å². The highest BCUT2D eigenvalue weighted by Crippen LogP contribution is 2.17. The van der Waals surface area contributed by atoms with E-state index in [1.807, 2.05) is 25.1 Å². The molecule has 0 saturated carbocycles. The van der Waals surface area contributed by atoms with Gasteiger partial charge in [-0.3, -0.25) is 4.79 Å². The van der Waals surface area contributed by atoms with Crippen molar-refractivity contribution in [3.05, 3.63) is 29.3 Å². The summed E-state index contributed by atoms with van der Waals surface area (Å²) in [5, 5.41) is 11.4. The highest BCUT2D eigenvalue weighted by Gasteiger charge is 2.03. The Morgan fingerprint density at radius 2 is 2.29 bits per heavy atom. The number of carbonyl (C=O) groups is 1. The van der Waals surface area contributed by atoms with Gasteiger partial charge in [0, 0.05) is 6.92 Å². The van der Waals surface area contributed by atoms with Crippen molar-refractivity contribution in [2.45, 2.75) is 20.3 Å². The van der Waals surface area contributed by atoms with Gasteiger partial charge in [-0.25, -0.2) is 0 Å². The molecule has 72 valence electrons. The van der Waals surface area contributed by atoms with Crippen LogP contribution in [-0.2, 0) is 11.2 Å². The van der Waals surface area contributed by atoms with Crippen LogP contribution in [0.15, 0.2) is 18.2 Å². The summed E-state index contributed by atoms with van der Waals surface area (Å²) < 4.78 is 0. The lowest BCUT2D eigenvalue weighted by Crippen LogP contribution is -2.07. The number of hydrogen-bond acceptors (Lipinski definition) is 2. The van der Waals surface area contributed by atoms with Gasteiger partial charge in [0.25, 0.3) is 0 Å². The van der Waals surface area contributed by atoms with Crippen LogP contribution in [0.4, 0.5) is 5.69 Å². The maximum absolute atomic E-state index is 10.9. The molecule has 1 N–H and O–H groups in total. The molecule has 0 fully saturated rings. The molecule has 0 spiro atoms. The molecule has 0 atom stereocenters. The average Bonchev–Trinajstić information content (AvgIpc) is 2.16. The highest BCUT2D eigenvalue weighted by molar-refractivity contribution is 5.90. The molecule has 3 heteroatoms. The largest absolute Gasteiger partial charge is 0.325 e. The van der Waals surface area contributed by atoms with Gasteiger partial charge in [-0.05, 0) is 24.1 Å². The first-order chi connectivity index (χ1) is 6.67. The fourth-order valence-electron chi connectivity index (χ4n) is 1.20. The third kappa shape index (κ3) is 2.33. The lowest BCUT2D eigenvalue weighted by Gasteiger charge is -2.06. The molecule has 0 saturated heterocycles. The Morgan fingerprint density at radius 3 is 2.79 bits per heavy atom. The van der Waals surface area contributed by atoms with Gasteiger partial charge in [0.05, 0.1) is 11.3 Å². The first kappa shape index (κ1) is 10.3. The van der Waals surface area contributed by atoms with Crippen molar-refractivity contribution in [1.82, 2.24) is 0 Å². The number of benzene rings is 1. The minimum atomic E-state index is -0.158. The van der Waals surface area contributed by atoms with E-state index in [1.165, 1.54) is 6.92 Å². The van der Waals surface area contributed by atoms with E-state index in [0.29, 0.717) is 11.3 Å². The molecule has 0 aliphatic rings. The number of nitriles is 1. The van der Waals surface area contributed by atoms with E-state index in [2.05, 4.69) is 5.32 Å². The van der Waals surface area contributed by atoms with Gasteiger partial charge < -0.3 is 5.32 Å². The number of anilines is 1. The van der Waals surface area contributed by atoms with Crippen LogP contribution in [0.5, 0.6) is 0 Å². The Kier molecular flexibility index (Phi) is 3.24. The summed E-state index contributed by atoms with van der Waals surface area (Å²) >= 11 is 0. The van der Waals surface area contributed by atoms with Crippen molar-refractivity contribution >= 4 is 11.6 Å². The van der Waals surface area contributed by atoms with Crippen LogP contribution in [0, 0.1) is 11.3 Å². The quantitative estimate of drug-likeness (QED) is 0.772. The second-order valence-electron chi connectivity index (χ2n) is 3.03.